The van der Waals surface area contributed by atoms with Crippen molar-refractivity contribution in [3.8, 4) is 5.75 Å². The molecule has 1 heterocycles. The van der Waals surface area contributed by atoms with Gasteiger partial charge in [-0.15, -0.1) is 0 Å². The average molecular weight is 352 g/mol. The van der Waals surface area contributed by atoms with Crippen molar-refractivity contribution in [3.05, 3.63) is 81.5 Å². The summed E-state index contributed by atoms with van der Waals surface area (Å²) >= 11 is 0. The molecule has 0 bridgehead atoms. The highest BCUT2D eigenvalue weighted by molar-refractivity contribution is 5.70. The van der Waals surface area contributed by atoms with Gasteiger partial charge in [-0.1, -0.05) is 50.3 Å². The molecule has 2 aromatic carbocycles. The van der Waals surface area contributed by atoms with Gasteiger partial charge in [0.25, 0.3) is 0 Å². The highest BCUT2D eigenvalue weighted by Crippen LogP contribution is 2.47. The van der Waals surface area contributed by atoms with Crippen molar-refractivity contribution in [3.63, 3.8) is 0 Å². The Morgan fingerprint density at radius 3 is 2.42 bits per heavy atom. The molecular formula is C21H24N2O3. The Kier molecular flexibility index (Phi) is 4.72. The third-order valence-corrected chi connectivity index (χ3v) is 5.19. The first-order valence-electron chi connectivity index (χ1n) is 8.66. The number of fused-ring (bicyclic) bond motifs is 1. The molecule has 0 spiro atoms. The number of para-hydroxylation sites is 1. The maximum Gasteiger partial charge on any atom is 0.214 e. The second kappa shape index (κ2) is 6.83. The fourth-order valence-electron chi connectivity index (χ4n) is 3.76. The Bertz CT molecular complexity index is 841. The molecule has 1 atom stereocenters. The van der Waals surface area contributed by atoms with Crippen LogP contribution >= 0.6 is 0 Å². The molecule has 3 rings (SSSR count). The molecule has 0 aromatic heterocycles. The van der Waals surface area contributed by atoms with Gasteiger partial charge in [-0.3, -0.25) is 10.1 Å². The lowest BCUT2D eigenvalue weighted by Gasteiger charge is -2.26. The summed E-state index contributed by atoms with van der Waals surface area (Å²) in [5, 5.41) is 11.3. The quantitative estimate of drug-likeness (QED) is 0.592. The molecule has 0 amide bonds. The van der Waals surface area contributed by atoms with Crippen LogP contribution in [-0.2, 0) is 5.41 Å². The zero-order chi connectivity index (χ0) is 18.9. The van der Waals surface area contributed by atoms with Gasteiger partial charge in [0.05, 0.1) is 13.0 Å². The van der Waals surface area contributed by atoms with E-state index in [-0.39, 0.29) is 22.8 Å². The summed E-state index contributed by atoms with van der Waals surface area (Å²) in [5.74, 6) is 0.439. The van der Waals surface area contributed by atoms with Crippen LogP contribution in [0.2, 0.25) is 0 Å². The minimum atomic E-state index is -0.304. The summed E-state index contributed by atoms with van der Waals surface area (Å²) in [5.41, 5.74) is 4.19. The number of ether oxygens (including phenoxy) is 1. The molecule has 1 aliphatic heterocycles. The van der Waals surface area contributed by atoms with Gasteiger partial charge in [-0.05, 0) is 29.3 Å². The first-order valence-corrected chi connectivity index (χ1v) is 8.66. The van der Waals surface area contributed by atoms with Gasteiger partial charge in [0.15, 0.2) is 0 Å². The van der Waals surface area contributed by atoms with Crippen molar-refractivity contribution in [2.75, 3.05) is 25.6 Å². The molecule has 5 nitrogen and oxygen atoms in total. The topological polar surface area (TPSA) is 55.6 Å². The van der Waals surface area contributed by atoms with Crippen LogP contribution < -0.4 is 9.64 Å². The van der Waals surface area contributed by atoms with Crippen LogP contribution in [0.5, 0.6) is 5.75 Å². The summed E-state index contributed by atoms with van der Waals surface area (Å²) in [6, 6.07) is 15.8. The van der Waals surface area contributed by atoms with Crippen LogP contribution in [0.4, 0.5) is 5.69 Å². The molecule has 0 fully saturated rings. The lowest BCUT2D eigenvalue weighted by Crippen LogP contribution is -2.25. The van der Waals surface area contributed by atoms with Crippen LogP contribution in [0.15, 0.2) is 60.3 Å². The lowest BCUT2D eigenvalue weighted by molar-refractivity contribution is -0.481. The number of hydrogen-bond donors (Lipinski definition) is 0. The van der Waals surface area contributed by atoms with E-state index in [0.717, 1.165) is 22.7 Å². The minimum Gasteiger partial charge on any atom is -0.497 e. The Labute approximate surface area is 154 Å². The van der Waals surface area contributed by atoms with Gasteiger partial charge in [0.1, 0.15) is 5.75 Å². The van der Waals surface area contributed by atoms with Crippen LogP contribution in [0.1, 0.15) is 30.9 Å². The Morgan fingerprint density at radius 1 is 1.19 bits per heavy atom. The molecule has 0 saturated heterocycles. The van der Waals surface area contributed by atoms with E-state index >= 15 is 0 Å². The van der Waals surface area contributed by atoms with Gasteiger partial charge in [-0.2, -0.15) is 0 Å². The van der Waals surface area contributed by atoms with Gasteiger partial charge in [-0.25, -0.2) is 0 Å². The first kappa shape index (κ1) is 18.0. The largest absolute Gasteiger partial charge is 0.497 e. The molecule has 0 N–H and O–H groups in total. The number of nitro groups is 1. The predicted molar refractivity (Wildman–Crippen MR) is 104 cm³/mol. The number of likely N-dealkylation sites (N-methyl/N-ethyl adjacent to an activating group) is 1. The van der Waals surface area contributed by atoms with Crippen molar-refractivity contribution in [2.45, 2.75) is 25.2 Å². The molecular weight excluding hydrogens is 328 g/mol. The SMILES string of the molecule is COc1ccc(C(C=C2N(C)c3ccccc3C2(C)C)C[N+](=O)[O-])cc1. The van der Waals surface area contributed by atoms with Crippen molar-refractivity contribution in [2.24, 2.45) is 0 Å². The van der Waals surface area contributed by atoms with Crippen LogP contribution in [0, 0.1) is 10.1 Å². The van der Waals surface area contributed by atoms with Crippen LogP contribution in [-0.4, -0.2) is 25.6 Å². The molecule has 2 aromatic rings. The van der Waals surface area contributed by atoms with Gasteiger partial charge >= 0.3 is 0 Å². The maximum atomic E-state index is 11.3. The summed E-state index contributed by atoms with van der Waals surface area (Å²) in [6.07, 6.45) is 2.05. The molecule has 136 valence electrons. The second-order valence-electron chi connectivity index (χ2n) is 7.15. The molecule has 1 aliphatic rings. The van der Waals surface area contributed by atoms with E-state index in [1.807, 2.05) is 49.5 Å². The third-order valence-electron chi connectivity index (χ3n) is 5.19. The Morgan fingerprint density at radius 2 is 1.85 bits per heavy atom. The smallest absolute Gasteiger partial charge is 0.214 e. The second-order valence-corrected chi connectivity index (χ2v) is 7.15. The number of nitrogens with zero attached hydrogens (tertiary/aromatic N) is 2. The highest BCUT2D eigenvalue weighted by atomic mass is 16.6. The fourth-order valence-corrected chi connectivity index (χ4v) is 3.76. The van der Waals surface area contributed by atoms with Crippen LogP contribution in [0.3, 0.4) is 0 Å². The zero-order valence-electron chi connectivity index (χ0n) is 15.6. The average Bonchev–Trinajstić information content (AvgIpc) is 2.82. The van der Waals surface area contributed by atoms with E-state index in [1.165, 1.54) is 5.56 Å². The molecule has 1 unspecified atom stereocenters. The number of hydrogen-bond acceptors (Lipinski definition) is 4. The molecule has 5 heteroatoms. The first-order chi connectivity index (χ1) is 12.3. The van der Waals surface area contributed by atoms with E-state index in [0.29, 0.717) is 0 Å². The molecule has 0 aliphatic carbocycles. The Hall–Kier alpha value is -2.82. The van der Waals surface area contributed by atoms with Crippen molar-refractivity contribution < 1.29 is 9.66 Å². The normalized spacial score (nSPS) is 17.8. The summed E-state index contributed by atoms with van der Waals surface area (Å²) in [4.78, 5) is 13.2. The molecule has 0 saturated carbocycles. The standard InChI is InChI=1S/C21H24N2O3/c1-21(2)18-7-5-6-8-19(18)22(3)20(21)13-16(14-23(24)25)15-9-11-17(26-4)12-10-15/h5-13,16H,14H2,1-4H3. The summed E-state index contributed by atoms with van der Waals surface area (Å²) in [6.45, 7) is 4.19. The zero-order valence-corrected chi connectivity index (χ0v) is 15.6. The van der Waals surface area contributed by atoms with E-state index in [2.05, 4.69) is 30.9 Å². The van der Waals surface area contributed by atoms with Crippen molar-refractivity contribution in [1.82, 2.24) is 0 Å². The van der Waals surface area contributed by atoms with Crippen molar-refractivity contribution >= 4 is 5.69 Å². The molecule has 26 heavy (non-hydrogen) atoms. The van der Waals surface area contributed by atoms with E-state index in [4.69, 9.17) is 4.74 Å². The van der Waals surface area contributed by atoms with E-state index < -0.39 is 0 Å². The number of anilines is 1. The van der Waals surface area contributed by atoms with Gasteiger partial charge < -0.3 is 9.64 Å². The molecule has 0 radical (unpaired) electrons. The van der Waals surface area contributed by atoms with Gasteiger partial charge in [0, 0.05) is 28.8 Å². The summed E-state index contributed by atoms with van der Waals surface area (Å²) in [7, 11) is 3.63. The van der Waals surface area contributed by atoms with Crippen molar-refractivity contribution in [1.29, 1.82) is 0 Å². The third kappa shape index (κ3) is 3.17. The number of rotatable bonds is 5. The predicted octanol–water partition coefficient (Wildman–Crippen LogP) is 4.37. The number of methoxy groups -OCH3 is 1. The summed E-state index contributed by atoms with van der Waals surface area (Å²) < 4.78 is 5.20. The maximum absolute atomic E-state index is 11.3. The lowest BCUT2D eigenvalue weighted by atomic mass is 9.82. The van der Waals surface area contributed by atoms with E-state index in [1.54, 1.807) is 7.11 Å². The Balaban J connectivity index is 2.04. The number of benzene rings is 2. The monoisotopic (exact) mass is 352 g/mol. The van der Waals surface area contributed by atoms with E-state index in [9.17, 15) is 10.1 Å². The van der Waals surface area contributed by atoms with Gasteiger partial charge in [0.2, 0.25) is 6.54 Å². The van der Waals surface area contributed by atoms with Crippen LogP contribution in [0.25, 0.3) is 0 Å². The fraction of sp³-hybridized carbons (Fsp3) is 0.333. The number of allylic oxidation sites excluding steroid dienone is 1. The minimum absolute atomic E-state index is 0.143. The highest BCUT2D eigenvalue weighted by Gasteiger charge is 2.39.